The lowest BCUT2D eigenvalue weighted by Crippen LogP contribution is -2.31. The van der Waals surface area contributed by atoms with Crippen LogP contribution in [0.2, 0.25) is 0 Å². The van der Waals surface area contributed by atoms with Crippen molar-refractivity contribution in [1.29, 1.82) is 0 Å². The van der Waals surface area contributed by atoms with E-state index in [4.69, 9.17) is 0 Å². The highest BCUT2D eigenvalue weighted by molar-refractivity contribution is 9.10. The molecular formula is C12H13BrF3NO3S. The topological polar surface area (TPSA) is 54.5 Å². The number of sulfone groups is 1. The van der Waals surface area contributed by atoms with Crippen molar-refractivity contribution >= 4 is 31.7 Å². The third kappa shape index (κ3) is 5.31. The van der Waals surface area contributed by atoms with Crippen LogP contribution in [0, 0.1) is 0 Å². The summed E-state index contributed by atoms with van der Waals surface area (Å²) in [5, 5.41) is 0. The number of nitrogens with zero attached hydrogens (tertiary/aromatic N) is 1. The summed E-state index contributed by atoms with van der Waals surface area (Å²) in [5.41, 5.74) is -1.11. The predicted octanol–water partition coefficient (Wildman–Crippen LogP) is 2.58. The van der Waals surface area contributed by atoms with E-state index in [1.807, 2.05) is 0 Å². The van der Waals surface area contributed by atoms with Gasteiger partial charge in [0.1, 0.15) is 9.84 Å². The zero-order valence-corrected chi connectivity index (χ0v) is 13.6. The first-order chi connectivity index (χ1) is 9.42. The number of hydrogen-bond donors (Lipinski definition) is 0. The Kier molecular flexibility index (Phi) is 5.43. The molecular weight excluding hydrogens is 375 g/mol. The van der Waals surface area contributed by atoms with Crippen molar-refractivity contribution in [2.24, 2.45) is 0 Å². The maximum Gasteiger partial charge on any atom is 0.417 e. The zero-order chi connectivity index (χ0) is 16.4. The first kappa shape index (κ1) is 18.0. The molecule has 1 aromatic carbocycles. The van der Waals surface area contributed by atoms with Crippen LogP contribution in [0.3, 0.4) is 0 Å². The van der Waals surface area contributed by atoms with Gasteiger partial charge >= 0.3 is 6.18 Å². The lowest BCUT2D eigenvalue weighted by atomic mass is 10.1. The van der Waals surface area contributed by atoms with Crippen LogP contribution in [0.1, 0.15) is 15.9 Å². The fourth-order valence-corrected chi connectivity index (χ4v) is 2.58. The monoisotopic (exact) mass is 387 g/mol. The minimum atomic E-state index is -4.58. The fraction of sp³-hybridized carbons (Fsp3) is 0.417. The first-order valence-corrected chi connectivity index (χ1v) is 8.57. The van der Waals surface area contributed by atoms with Gasteiger partial charge in [-0.2, -0.15) is 13.2 Å². The van der Waals surface area contributed by atoms with Gasteiger partial charge < -0.3 is 4.90 Å². The van der Waals surface area contributed by atoms with Crippen molar-refractivity contribution < 1.29 is 26.4 Å². The van der Waals surface area contributed by atoms with E-state index in [-0.39, 0.29) is 22.3 Å². The Morgan fingerprint density at radius 3 is 2.38 bits per heavy atom. The van der Waals surface area contributed by atoms with Crippen molar-refractivity contribution in [2.45, 2.75) is 6.18 Å². The molecule has 0 saturated carbocycles. The lowest BCUT2D eigenvalue weighted by molar-refractivity contribution is -0.138. The number of amides is 1. The van der Waals surface area contributed by atoms with Gasteiger partial charge in [-0.15, -0.1) is 0 Å². The van der Waals surface area contributed by atoms with Gasteiger partial charge in [0.25, 0.3) is 5.91 Å². The highest BCUT2D eigenvalue weighted by Crippen LogP contribution is 2.35. The van der Waals surface area contributed by atoms with Crippen LogP contribution in [0.25, 0.3) is 0 Å². The summed E-state index contributed by atoms with van der Waals surface area (Å²) in [5.74, 6) is -0.922. The fourth-order valence-electron chi connectivity index (χ4n) is 1.50. The quantitative estimate of drug-likeness (QED) is 0.797. The molecule has 0 saturated heterocycles. The van der Waals surface area contributed by atoms with Crippen LogP contribution in [0.4, 0.5) is 13.2 Å². The van der Waals surface area contributed by atoms with Gasteiger partial charge in [-0.1, -0.05) is 15.9 Å². The Labute approximate surface area is 129 Å². The number of halogens is 4. The van der Waals surface area contributed by atoms with Gasteiger partial charge in [-0.25, -0.2) is 8.42 Å². The van der Waals surface area contributed by atoms with Gasteiger partial charge in [0, 0.05) is 29.9 Å². The van der Waals surface area contributed by atoms with E-state index in [1.54, 1.807) is 0 Å². The van der Waals surface area contributed by atoms with Crippen molar-refractivity contribution in [3.8, 4) is 0 Å². The summed E-state index contributed by atoms with van der Waals surface area (Å²) in [4.78, 5) is 13.1. The van der Waals surface area contributed by atoms with E-state index >= 15 is 0 Å². The molecule has 0 heterocycles. The number of carbonyl (C=O) groups excluding carboxylic acids is 1. The second-order valence-corrected chi connectivity index (χ2v) is 7.66. The van der Waals surface area contributed by atoms with Crippen LogP contribution in [-0.4, -0.2) is 44.8 Å². The number of carbonyl (C=O) groups is 1. The van der Waals surface area contributed by atoms with E-state index in [1.165, 1.54) is 13.1 Å². The summed E-state index contributed by atoms with van der Waals surface area (Å²) in [7, 11) is -1.92. The molecule has 0 N–H and O–H groups in total. The van der Waals surface area contributed by atoms with Gasteiger partial charge in [-0.05, 0) is 18.2 Å². The largest absolute Gasteiger partial charge is 0.417 e. The molecule has 21 heavy (non-hydrogen) atoms. The summed E-state index contributed by atoms with van der Waals surface area (Å²) < 4.78 is 60.2. The van der Waals surface area contributed by atoms with Crippen LogP contribution >= 0.6 is 15.9 Å². The summed E-state index contributed by atoms with van der Waals surface area (Å²) in [6.45, 7) is -0.0882. The molecule has 0 radical (unpaired) electrons. The SMILES string of the molecule is CN(CCS(C)(=O)=O)C(=O)c1ccc(Br)c(C(F)(F)F)c1. The molecule has 0 aliphatic heterocycles. The van der Waals surface area contributed by atoms with Crippen molar-refractivity contribution in [3.63, 3.8) is 0 Å². The molecule has 9 heteroatoms. The van der Waals surface area contributed by atoms with Crippen molar-refractivity contribution in [2.75, 3.05) is 25.6 Å². The third-order valence-electron chi connectivity index (χ3n) is 2.66. The Balaban J connectivity index is 2.98. The van der Waals surface area contributed by atoms with Gasteiger partial charge in [-0.3, -0.25) is 4.79 Å². The second kappa shape index (κ2) is 6.35. The molecule has 1 aromatic rings. The molecule has 118 valence electrons. The van der Waals surface area contributed by atoms with Gasteiger partial charge in [0.2, 0.25) is 0 Å². The maximum atomic E-state index is 12.8. The molecule has 0 atom stereocenters. The third-order valence-corrected chi connectivity index (χ3v) is 4.28. The Morgan fingerprint density at radius 2 is 1.90 bits per heavy atom. The van der Waals surface area contributed by atoms with E-state index in [0.717, 1.165) is 23.3 Å². The first-order valence-electron chi connectivity index (χ1n) is 5.72. The maximum absolute atomic E-state index is 12.8. The highest BCUT2D eigenvalue weighted by Gasteiger charge is 2.33. The minimum Gasteiger partial charge on any atom is -0.341 e. The number of rotatable bonds is 4. The predicted molar refractivity (Wildman–Crippen MR) is 75.8 cm³/mol. The molecule has 0 aliphatic carbocycles. The van der Waals surface area contributed by atoms with Crippen LogP contribution in [0.5, 0.6) is 0 Å². The molecule has 0 aliphatic rings. The number of hydrogen-bond acceptors (Lipinski definition) is 3. The van der Waals surface area contributed by atoms with Crippen LogP contribution in [-0.2, 0) is 16.0 Å². The molecule has 0 unspecified atom stereocenters. The normalized spacial score (nSPS) is 12.3. The average Bonchev–Trinajstić information content (AvgIpc) is 2.33. The number of benzene rings is 1. The molecule has 0 fully saturated rings. The minimum absolute atomic E-state index is 0.0882. The molecule has 0 aromatic heterocycles. The molecule has 0 bridgehead atoms. The van der Waals surface area contributed by atoms with E-state index < -0.39 is 27.5 Å². The van der Waals surface area contributed by atoms with Crippen molar-refractivity contribution in [3.05, 3.63) is 33.8 Å². The van der Waals surface area contributed by atoms with Gasteiger partial charge in [0.15, 0.2) is 0 Å². The standard InChI is InChI=1S/C12H13BrF3NO3S/c1-17(5-6-21(2,19)20)11(18)8-3-4-10(13)9(7-8)12(14,15)16/h3-4,7H,5-6H2,1-2H3. The van der Waals surface area contributed by atoms with Crippen LogP contribution < -0.4 is 0 Å². The van der Waals surface area contributed by atoms with Crippen molar-refractivity contribution in [1.82, 2.24) is 4.90 Å². The molecule has 0 spiro atoms. The Hall–Kier alpha value is -1.09. The van der Waals surface area contributed by atoms with E-state index in [0.29, 0.717) is 0 Å². The molecule has 1 rings (SSSR count). The van der Waals surface area contributed by atoms with Gasteiger partial charge in [0.05, 0.1) is 11.3 Å². The molecule has 4 nitrogen and oxygen atoms in total. The summed E-state index contributed by atoms with van der Waals surface area (Å²) in [6, 6.07) is 3.13. The summed E-state index contributed by atoms with van der Waals surface area (Å²) >= 11 is 2.79. The summed E-state index contributed by atoms with van der Waals surface area (Å²) in [6.07, 6.45) is -3.56. The zero-order valence-electron chi connectivity index (χ0n) is 11.2. The van der Waals surface area contributed by atoms with E-state index in [9.17, 15) is 26.4 Å². The Bertz CT molecular complexity index is 644. The Morgan fingerprint density at radius 1 is 1.33 bits per heavy atom. The molecule has 1 amide bonds. The lowest BCUT2D eigenvalue weighted by Gasteiger charge is -2.18. The average molecular weight is 388 g/mol. The smallest absolute Gasteiger partial charge is 0.341 e. The number of alkyl halides is 3. The highest BCUT2D eigenvalue weighted by atomic mass is 79.9. The van der Waals surface area contributed by atoms with Crippen LogP contribution in [0.15, 0.2) is 22.7 Å². The van der Waals surface area contributed by atoms with E-state index in [2.05, 4.69) is 15.9 Å². The second-order valence-electron chi connectivity index (χ2n) is 4.55.